The second-order valence-corrected chi connectivity index (χ2v) is 31.3. The van der Waals surface area contributed by atoms with E-state index in [1.165, 1.54) is 20.8 Å². The molecule has 0 spiro atoms. The van der Waals surface area contributed by atoms with Crippen LogP contribution in [0.25, 0.3) is 65.4 Å². The van der Waals surface area contributed by atoms with E-state index in [1.54, 1.807) is 20.8 Å². The Morgan fingerprint density at radius 3 is 1.03 bits per heavy atom. The normalized spacial score (nSPS) is 11.7. The second-order valence-electron chi connectivity index (χ2n) is 31.3. The summed E-state index contributed by atoms with van der Waals surface area (Å²) in [5.41, 5.74) is 24.2. The molecule has 0 N–H and O–H groups in total. The first kappa shape index (κ1) is 92.3. The van der Waals surface area contributed by atoms with Gasteiger partial charge in [-0.1, -0.05) is 181 Å². The molecule has 0 amide bonds. The lowest BCUT2D eigenvalue weighted by atomic mass is 9.92. The number of hydrogen-bond donors (Lipinski definition) is 0. The third kappa shape index (κ3) is 21.2. The number of carbonyl (C=O) groups excluding carboxylic acids is 8. The number of fused-ring (bicyclic) bond motifs is 9. The first-order valence-corrected chi connectivity index (χ1v) is 43.2. The van der Waals surface area contributed by atoms with E-state index in [0.29, 0.717) is 68.2 Å². The lowest BCUT2D eigenvalue weighted by Gasteiger charge is -2.24. The van der Waals surface area contributed by atoms with Gasteiger partial charge in [0.25, 0.3) is 0 Å². The van der Waals surface area contributed by atoms with E-state index in [1.807, 2.05) is 266 Å². The van der Waals surface area contributed by atoms with Crippen molar-refractivity contribution in [3.63, 3.8) is 0 Å². The Morgan fingerprint density at radius 2 is 0.648 bits per heavy atom. The van der Waals surface area contributed by atoms with Crippen LogP contribution >= 0.6 is 0 Å². The van der Waals surface area contributed by atoms with Crippen LogP contribution in [-0.4, -0.2) is 90.1 Å². The maximum atomic E-state index is 13.5. The number of unbranched alkanes of at least 4 members (excludes halogenated alkanes) is 1. The molecule has 0 aliphatic rings. The van der Waals surface area contributed by atoms with Crippen molar-refractivity contribution >= 4 is 147 Å². The summed E-state index contributed by atoms with van der Waals surface area (Å²) in [6, 6.07) is 82.0. The molecule has 15 rings (SSSR count). The summed E-state index contributed by atoms with van der Waals surface area (Å²) in [5, 5.41) is 22.0. The SMILES string of the molecule is CC/C(=N\OC(C)=O)c1ccc(N(CC)c2ccc(C(=O)c3ccccc3)cc2)cc1.CCCCn1c2ccc(C(=O)c3ccccc3)cc2c2cc(/C(C)=N/OC(=O)CC)ccc21.CCn1c2ccc(C(=O)c3c(C)cc(C)cc3C)cc2c2cc(/C(C)=N/OC(C)=O)ccc21.CCn1c2ccc(C(=O)c3ccccc3C)cc2c2cc(/C(C)=N/OC(C)=O)ccc21. The molecule has 0 saturated carbocycles. The number of ketones is 4. The third-order valence-corrected chi connectivity index (χ3v) is 22.5. The van der Waals surface area contributed by atoms with Crippen LogP contribution in [0, 0.1) is 27.7 Å². The van der Waals surface area contributed by atoms with Gasteiger partial charge in [0.05, 0.1) is 22.8 Å². The Hall–Kier alpha value is -14.9. The van der Waals surface area contributed by atoms with Crippen molar-refractivity contribution in [2.75, 3.05) is 11.4 Å². The average molecular weight is 1710 g/mol. The maximum absolute atomic E-state index is 13.5. The molecule has 0 unspecified atom stereocenters. The molecule has 20 nitrogen and oxygen atoms in total. The second kappa shape index (κ2) is 42.2. The van der Waals surface area contributed by atoms with E-state index >= 15 is 0 Å². The van der Waals surface area contributed by atoms with Gasteiger partial charge in [-0.25, -0.2) is 19.2 Å². The maximum Gasteiger partial charge on any atom is 0.334 e. The van der Waals surface area contributed by atoms with Crippen molar-refractivity contribution in [2.45, 2.75) is 156 Å². The lowest BCUT2D eigenvalue weighted by Crippen LogP contribution is -2.16. The summed E-state index contributed by atoms with van der Waals surface area (Å²) >= 11 is 0. The van der Waals surface area contributed by atoms with Gasteiger partial charge in [-0.2, -0.15) is 0 Å². The molecule has 0 aliphatic carbocycles. The van der Waals surface area contributed by atoms with Crippen molar-refractivity contribution in [2.24, 2.45) is 20.6 Å². The number of carbonyl (C=O) groups is 8. The van der Waals surface area contributed by atoms with E-state index in [4.69, 9.17) is 19.4 Å². The van der Waals surface area contributed by atoms with E-state index in [0.717, 1.165) is 166 Å². The highest BCUT2D eigenvalue weighted by Crippen LogP contribution is 2.37. The molecule has 0 bridgehead atoms. The Labute approximate surface area is 745 Å². The molecule has 128 heavy (non-hydrogen) atoms. The molecule has 3 heterocycles. The van der Waals surface area contributed by atoms with Crippen molar-refractivity contribution in [3.05, 3.63) is 344 Å². The number of benzene rings is 12. The summed E-state index contributed by atoms with van der Waals surface area (Å²) in [6.45, 7) is 32.9. The molecular weight excluding hydrogens is 1600 g/mol. The zero-order valence-electron chi connectivity index (χ0n) is 75.4. The predicted molar refractivity (Wildman–Crippen MR) is 514 cm³/mol. The molecule has 0 fully saturated rings. The summed E-state index contributed by atoms with van der Waals surface area (Å²) in [7, 11) is 0. The first-order chi connectivity index (χ1) is 61.7. The number of aromatic nitrogens is 3. The predicted octanol–water partition coefficient (Wildman–Crippen LogP) is 24.2. The largest absolute Gasteiger partial charge is 0.342 e. The van der Waals surface area contributed by atoms with Crippen LogP contribution in [0.4, 0.5) is 11.4 Å². The minimum absolute atomic E-state index is 0.00679. The summed E-state index contributed by atoms with van der Waals surface area (Å²) in [5.74, 6) is -1.64. The number of rotatable bonds is 26. The minimum Gasteiger partial charge on any atom is -0.342 e. The van der Waals surface area contributed by atoms with Gasteiger partial charge in [0.1, 0.15) is 0 Å². The molecule has 20 heteroatoms. The van der Waals surface area contributed by atoms with Crippen LogP contribution in [0.1, 0.15) is 217 Å². The third-order valence-electron chi connectivity index (χ3n) is 22.5. The monoisotopic (exact) mass is 1710 g/mol. The molecule has 0 saturated heterocycles. The Balaban J connectivity index is 0.000000155. The number of anilines is 2. The zero-order valence-corrected chi connectivity index (χ0v) is 75.4. The van der Waals surface area contributed by atoms with Crippen LogP contribution in [-0.2, 0) is 58.2 Å². The van der Waals surface area contributed by atoms with Gasteiger partial charge in [-0.3, -0.25) is 19.2 Å². The van der Waals surface area contributed by atoms with Gasteiger partial charge in [-0.15, -0.1) is 0 Å². The van der Waals surface area contributed by atoms with Gasteiger partial charge in [0, 0.05) is 175 Å². The van der Waals surface area contributed by atoms with Crippen LogP contribution in [0.5, 0.6) is 0 Å². The van der Waals surface area contributed by atoms with E-state index in [2.05, 4.69) is 97.3 Å². The number of aryl methyl sites for hydroxylation is 7. The topological polar surface area (TPSA) is 241 Å². The molecule has 650 valence electrons. The smallest absolute Gasteiger partial charge is 0.334 e. The van der Waals surface area contributed by atoms with Crippen LogP contribution in [0.15, 0.2) is 275 Å². The van der Waals surface area contributed by atoms with Crippen molar-refractivity contribution < 1.29 is 57.7 Å². The molecule has 0 aliphatic heterocycles. The molecule has 3 aromatic heterocycles. The van der Waals surface area contributed by atoms with Crippen LogP contribution in [0.3, 0.4) is 0 Å². The fourth-order valence-corrected chi connectivity index (χ4v) is 16.0. The van der Waals surface area contributed by atoms with Crippen LogP contribution < -0.4 is 4.90 Å². The lowest BCUT2D eigenvalue weighted by molar-refractivity contribution is -0.143. The summed E-state index contributed by atoms with van der Waals surface area (Å²) in [6.07, 6.45) is 3.09. The highest BCUT2D eigenvalue weighted by Gasteiger charge is 2.23. The Morgan fingerprint density at radius 1 is 0.312 bits per heavy atom. The van der Waals surface area contributed by atoms with Crippen molar-refractivity contribution in [3.8, 4) is 0 Å². The van der Waals surface area contributed by atoms with Gasteiger partial charge in [0.2, 0.25) is 0 Å². The van der Waals surface area contributed by atoms with Gasteiger partial charge in [0.15, 0.2) is 23.1 Å². The standard InChI is InChI=1S/2C28H28N2O3.C26H24N2O3.C26H26N2O3/c1-7-30-25-10-8-21(19(5)29-33-20(6)31)14-23(25)24-15-22(9-11-26(24)30)28(32)27-17(3)12-16(2)13-18(27)4;1-4-6-16-30-25-14-12-21(19(3)29-33-27(31)5-2)17-23(25)24-18-22(13-15-26(24)30)28(32)20-10-8-7-9-11-20;1-5-28-24-12-10-19(17(3)27-31-18(4)29)14-22(24)23-15-20(11-13-25(23)28)26(30)21-9-7-6-8-16(21)2;1-4-25(27-31-19(3)29)20-11-15-23(16-12-20)28(5-2)24-17-13-22(14-18-24)26(30)21-9-7-6-8-10-21/h8-15H,7H2,1-6H3;7-15,17-18H,4-6,16H2,1-3H3;6-15H,5H2,1-4H3;6-18H,4-5H2,1-3H3/b2*29-19+;27-17+;27-25+. The number of hydrogen-bond acceptors (Lipinski definition) is 17. The number of nitrogens with zero attached hydrogens (tertiary/aromatic N) is 8. The van der Waals surface area contributed by atoms with E-state index in [-0.39, 0.29) is 35.5 Å². The molecule has 0 radical (unpaired) electrons. The fourth-order valence-electron chi connectivity index (χ4n) is 16.0. The molecule has 12 aromatic carbocycles. The molecular formula is C108H106N8O12. The van der Waals surface area contributed by atoms with Gasteiger partial charge < -0.3 is 38.0 Å². The average Bonchev–Trinajstić information content (AvgIpc) is 1.61. The highest BCUT2D eigenvalue weighted by molar-refractivity contribution is 6.20. The zero-order chi connectivity index (χ0) is 91.6. The first-order valence-electron chi connectivity index (χ1n) is 43.2. The fraction of sp³-hybridized carbons (Fsp3) is 0.222. The highest BCUT2D eigenvalue weighted by atomic mass is 16.7. The quantitative estimate of drug-likeness (QED) is 0.0212. The molecule has 15 aromatic rings. The molecule has 0 atom stereocenters. The van der Waals surface area contributed by atoms with E-state index < -0.39 is 17.9 Å². The number of oxime groups is 4. The summed E-state index contributed by atoms with van der Waals surface area (Å²) < 4.78 is 6.79. The van der Waals surface area contributed by atoms with Crippen molar-refractivity contribution in [1.82, 2.24) is 13.7 Å². The minimum atomic E-state index is -0.456. The summed E-state index contributed by atoms with van der Waals surface area (Å²) in [4.78, 5) is 119. The Bertz CT molecular complexity index is 6840. The van der Waals surface area contributed by atoms with E-state index in [9.17, 15) is 38.4 Å². The Kier molecular flexibility index (Phi) is 30.4. The van der Waals surface area contributed by atoms with Crippen LogP contribution in [0.2, 0.25) is 0 Å². The van der Waals surface area contributed by atoms with Gasteiger partial charge >= 0.3 is 23.9 Å². The van der Waals surface area contributed by atoms with Gasteiger partial charge in [-0.05, 0) is 248 Å². The van der Waals surface area contributed by atoms with Crippen molar-refractivity contribution in [1.29, 1.82) is 0 Å².